The van der Waals surface area contributed by atoms with Crippen LogP contribution in [0.15, 0.2) is 25.0 Å². The number of rotatable bonds is 13. The maximum absolute atomic E-state index is 13.4. The molecule has 16 nitrogen and oxygen atoms in total. The van der Waals surface area contributed by atoms with Gasteiger partial charge < -0.3 is 46.8 Å². The van der Waals surface area contributed by atoms with Crippen LogP contribution in [-0.4, -0.2) is 109 Å². The van der Waals surface area contributed by atoms with Crippen LogP contribution in [0.4, 0.5) is 0 Å². The largest absolute Gasteiger partial charge is 0.480 e. The Morgan fingerprint density at radius 2 is 1.63 bits per heavy atom. The highest BCUT2D eigenvalue weighted by Crippen LogP contribution is 2.19. The lowest BCUT2D eigenvalue weighted by Gasteiger charge is -2.28. The molecular formula is C22H31N9O7. The van der Waals surface area contributed by atoms with E-state index in [1.54, 1.807) is 0 Å². The molecule has 1 aliphatic heterocycles. The Labute approximate surface area is 216 Å². The molecule has 3 rings (SSSR count). The minimum atomic E-state index is -1.26. The number of carboxylic acid groups (broad SMARTS) is 1. The van der Waals surface area contributed by atoms with Gasteiger partial charge in [-0.05, 0) is 12.8 Å². The average molecular weight is 534 g/mol. The number of nitrogens with two attached hydrogens (primary N) is 1. The van der Waals surface area contributed by atoms with Gasteiger partial charge in [0.1, 0.15) is 30.7 Å². The highest BCUT2D eigenvalue weighted by molar-refractivity contribution is 5.95. The molecule has 206 valence electrons. The first-order chi connectivity index (χ1) is 18.2. The fourth-order valence-electron chi connectivity index (χ4n) is 4.07. The number of aromatic amines is 2. The van der Waals surface area contributed by atoms with Crippen LogP contribution in [0.3, 0.4) is 0 Å². The molecule has 2 aromatic heterocycles. The normalized spacial score (nSPS) is 17.3. The van der Waals surface area contributed by atoms with Crippen molar-refractivity contribution in [3.63, 3.8) is 0 Å². The number of imidazole rings is 2. The topological polar surface area (TPSA) is 249 Å². The van der Waals surface area contributed by atoms with Crippen LogP contribution in [0.1, 0.15) is 24.2 Å². The Hall–Kier alpha value is -4.31. The van der Waals surface area contributed by atoms with Crippen LogP contribution in [0, 0.1) is 0 Å². The number of aliphatic hydroxyl groups is 1. The maximum atomic E-state index is 13.4. The summed E-state index contributed by atoms with van der Waals surface area (Å²) in [7, 11) is 0. The number of aromatic nitrogens is 4. The van der Waals surface area contributed by atoms with Crippen molar-refractivity contribution in [1.82, 2.24) is 40.8 Å². The Balaban J connectivity index is 1.76. The zero-order valence-electron chi connectivity index (χ0n) is 20.4. The number of carbonyl (C=O) groups excluding carboxylic acids is 4. The van der Waals surface area contributed by atoms with Crippen LogP contribution in [-0.2, 0) is 36.8 Å². The summed E-state index contributed by atoms with van der Waals surface area (Å²) in [5.74, 6) is -3.89. The SMILES string of the molecule is N[C@@H](CO)C(=O)N1CCC[C@H]1C(=O)N[C@@H](Cc1cnc[nH]1)C(=O)N[C@@H](Cc1cnc[nH]1)C(=O)NCC(=O)O. The number of nitrogens with one attached hydrogen (secondary N) is 5. The number of aliphatic hydroxyl groups excluding tert-OH is 1. The summed E-state index contributed by atoms with van der Waals surface area (Å²) < 4.78 is 0. The van der Waals surface area contributed by atoms with Crippen LogP contribution in [0.2, 0.25) is 0 Å². The van der Waals surface area contributed by atoms with Gasteiger partial charge in [0.25, 0.3) is 0 Å². The van der Waals surface area contributed by atoms with E-state index in [2.05, 4.69) is 35.9 Å². The van der Waals surface area contributed by atoms with Crippen molar-refractivity contribution in [2.24, 2.45) is 5.73 Å². The molecule has 0 aromatic carbocycles. The summed E-state index contributed by atoms with van der Waals surface area (Å²) in [6, 6.07) is -4.42. The number of amides is 4. The Kier molecular flexibility index (Phi) is 9.89. The summed E-state index contributed by atoms with van der Waals surface area (Å²) >= 11 is 0. The predicted octanol–water partition coefficient (Wildman–Crippen LogP) is -3.60. The number of aliphatic carboxylic acids is 1. The van der Waals surface area contributed by atoms with Crippen molar-refractivity contribution in [3.05, 3.63) is 36.4 Å². The molecule has 0 aliphatic carbocycles. The lowest BCUT2D eigenvalue weighted by molar-refractivity contribution is -0.141. The zero-order chi connectivity index (χ0) is 27.7. The number of nitrogens with zero attached hydrogens (tertiary/aromatic N) is 3. The van der Waals surface area contributed by atoms with Crippen molar-refractivity contribution >= 4 is 29.6 Å². The number of hydrogen-bond acceptors (Lipinski definition) is 9. The average Bonchev–Trinajstić information content (AvgIpc) is 3.68. The lowest BCUT2D eigenvalue weighted by Crippen LogP contribution is -2.58. The van der Waals surface area contributed by atoms with E-state index < -0.39 is 66.9 Å². The highest BCUT2D eigenvalue weighted by atomic mass is 16.4. The molecule has 2 aromatic rings. The van der Waals surface area contributed by atoms with Crippen molar-refractivity contribution in [2.45, 2.75) is 49.9 Å². The van der Waals surface area contributed by atoms with Crippen LogP contribution >= 0.6 is 0 Å². The number of carbonyl (C=O) groups is 5. The molecule has 16 heteroatoms. The van der Waals surface area contributed by atoms with E-state index >= 15 is 0 Å². The first-order valence-electron chi connectivity index (χ1n) is 11.9. The van der Waals surface area contributed by atoms with Gasteiger partial charge in [-0.25, -0.2) is 9.97 Å². The van der Waals surface area contributed by atoms with Crippen molar-refractivity contribution in [1.29, 1.82) is 0 Å². The monoisotopic (exact) mass is 533 g/mol. The molecular weight excluding hydrogens is 502 g/mol. The van der Waals surface area contributed by atoms with E-state index in [4.69, 9.17) is 10.8 Å². The molecule has 0 unspecified atom stereocenters. The Morgan fingerprint density at radius 3 is 2.16 bits per heavy atom. The van der Waals surface area contributed by atoms with Gasteiger partial charge in [0.2, 0.25) is 23.6 Å². The van der Waals surface area contributed by atoms with E-state index in [0.29, 0.717) is 24.2 Å². The molecule has 1 fully saturated rings. The van der Waals surface area contributed by atoms with Crippen LogP contribution in [0.5, 0.6) is 0 Å². The Bertz CT molecular complexity index is 1110. The molecule has 4 amide bonds. The second kappa shape index (κ2) is 13.3. The quantitative estimate of drug-likeness (QED) is 0.126. The highest BCUT2D eigenvalue weighted by Gasteiger charge is 2.38. The summed E-state index contributed by atoms with van der Waals surface area (Å²) in [5.41, 5.74) is 6.68. The fourth-order valence-corrected chi connectivity index (χ4v) is 4.07. The summed E-state index contributed by atoms with van der Waals surface area (Å²) in [5, 5.41) is 25.6. The molecule has 9 N–H and O–H groups in total. The molecule has 0 spiro atoms. The molecule has 38 heavy (non-hydrogen) atoms. The molecule has 1 saturated heterocycles. The van der Waals surface area contributed by atoms with Gasteiger partial charge >= 0.3 is 5.97 Å². The smallest absolute Gasteiger partial charge is 0.322 e. The van der Waals surface area contributed by atoms with Crippen molar-refractivity contribution < 1.29 is 34.2 Å². The number of likely N-dealkylation sites (tertiary alicyclic amines) is 1. The van der Waals surface area contributed by atoms with E-state index in [0.717, 1.165) is 0 Å². The third-order valence-electron chi connectivity index (χ3n) is 5.99. The standard InChI is InChI=1S/C22H31N9O7/c23-14(9-32)22(38)31-3-1-2-17(31)21(37)30-16(5-13-7-25-11-28-13)20(36)29-15(4-12-6-24-10-27-12)19(35)26-8-18(33)34/h6-7,10-11,14-17,32H,1-5,8-9,23H2,(H,24,27)(H,25,28)(H,26,35)(H,29,36)(H,30,37)(H,33,34)/t14-,15-,16-,17-/m0/s1. The third-order valence-corrected chi connectivity index (χ3v) is 5.99. The van der Waals surface area contributed by atoms with Gasteiger partial charge in [0.15, 0.2) is 0 Å². The van der Waals surface area contributed by atoms with Gasteiger partial charge in [-0.2, -0.15) is 0 Å². The second-order valence-corrected chi connectivity index (χ2v) is 8.77. The summed E-state index contributed by atoms with van der Waals surface area (Å²) in [6.07, 6.45) is 6.56. The Morgan fingerprint density at radius 1 is 1.03 bits per heavy atom. The first-order valence-corrected chi connectivity index (χ1v) is 11.9. The van der Waals surface area contributed by atoms with Gasteiger partial charge in [0, 0.05) is 43.2 Å². The number of H-pyrrole nitrogens is 2. The van der Waals surface area contributed by atoms with Crippen LogP contribution < -0.4 is 21.7 Å². The minimum absolute atomic E-state index is 0.0120. The molecule has 0 saturated carbocycles. The second-order valence-electron chi connectivity index (χ2n) is 8.77. The van der Waals surface area contributed by atoms with Gasteiger partial charge in [-0.3, -0.25) is 24.0 Å². The fraction of sp³-hybridized carbons (Fsp3) is 0.500. The van der Waals surface area contributed by atoms with Crippen molar-refractivity contribution in [3.8, 4) is 0 Å². The summed E-state index contributed by atoms with van der Waals surface area (Å²) in [6.45, 7) is -0.946. The lowest BCUT2D eigenvalue weighted by atomic mass is 10.1. The van der Waals surface area contributed by atoms with Gasteiger partial charge in [0.05, 0.1) is 19.3 Å². The molecule has 4 atom stereocenters. The van der Waals surface area contributed by atoms with Crippen molar-refractivity contribution in [2.75, 3.05) is 19.7 Å². The van der Waals surface area contributed by atoms with E-state index in [1.165, 1.54) is 29.9 Å². The number of hydrogen-bond donors (Lipinski definition) is 8. The molecule has 3 heterocycles. The maximum Gasteiger partial charge on any atom is 0.322 e. The number of carboxylic acids is 1. The van der Waals surface area contributed by atoms with E-state index in [-0.39, 0.29) is 19.4 Å². The summed E-state index contributed by atoms with van der Waals surface area (Å²) in [4.78, 5) is 77.4. The first kappa shape index (κ1) is 28.3. The third kappa shape index (κ3) is 7.59. The van der Waals surface area contributed by atoms with Crippen LogP contribution in [0.25, 0.3) is 0 Å². The predicted molar refractivity (Wildman–Crippen MR) is 129 cm³/mol. The van der Waals surface area contributed by atoms with E-state index in [9.17, 15) is 29.1 Å². The molecule has 1 aliphatic rings. The zero-order valence-corrected chi connectivity index (χ0v) is 20.4. The molecule has 0 bridgehead atoms. The molecule has 0 radical (unpaired) electrons. The van der Waals surface area contributed by atoms with Gasteiger partial charge in [-0.15, -0.1) is 0 Å². The van der Waals surface area contributed by atoms with Gasteiger partial charge in [-0.1, -0.05) is 0 Å². The van der Waals surface area contributed by atoms with E-state index in [1.807, 2.05) is 0 Å². The minimum Gasteiger partial charge on any atom is -0.480 e.